The zero-order valence-corrected chi connectivity index (χ0v) is 12.3. The first kappa shape index (κ1) is 15.2. The number of hydrogen-bond acceptors (Lipinski definition) is 2. The Bertz CT molecular complexity index is 329. The Kier molecular flexibility index (Phi) is 6.37. The van der Waals surface area contributed by atoms with Crippen LogP contribution in [0.5, 0.6) is 0 Å². The van der Waals surface area contributed by atoms with E-state index in [9.17, 15) is 0 Å². The van der Waals surface area contributed by atoms with Crippen molar-refractivity contribution in [3.63, 3.8) is 0 Å². The summed E-state index contributed by atoms with van der Waals surface area (Å²) >= 11 is 0. The summed E-state index contributed by atoms with van der Waals surface area (Å²) in [6, 6.07) is 8.78. The lowest BCUT2D eigenvalue weighted by molar-refractivity contribution is 0.250. The third-order valence-electron chi connectivity index (χ3n) is 3.28. The van der Waals surface area contributed by atoms with Gasteiger partial charge < -0.3 is 10.6 Å². The van der Waals surface area contributed by atoms with Gasteiger partial charge in [-0.3, -0.25) is 0 Å². The van der Waals surface area contributed by atoms with Gasteiger partial charge in [0, 0.05) is 13.1 Å². The molecule has 18 heavy (non-hydrogen) atoms. The summed E-state index contributed by atoms with van der Waals surface area (Å²) in [5.41, 5.74) is 8.55. The van der Waals surface area contributed by atoms with Gasteiger partial charge in [-0.2, -0.15) is 0 Å². The third-order valence-corrected chi connectivity index (χ3v) is 3.28. The predicted molar refractivity (Wildman–Crippen MR) is 79.5 cm³/mol. The maximum absolute atomic E-state index is 5.86. The van der Waals surface area contributed by atoms with Crippen LogP contribution in [0.4, 0.5) is 0 Å². The summed E-state index contributed by atoms with van der Waals surface area (Å²) in [5, 5.41) is 0. The van der Waals surface area contributed by atoms with Crippen molar-refractivity contribution in [1.29, 1.82) is 0 Å². The molecule has 1 aromatic rings. The molecule has 0 bridgehead atoms. The molecule has 0 heterocycles. The Balaban J connectivity index is 2.44. The van der Waals surface area contributed by atoms with Crippen molar-refractivity contribution in [2.75, 3.05) is 20.1 Å². The minimum Gasteiger partial charge on any atom is -0.330 e. The molecule has 0 radical (unpaired) electrons. The second-order valence-corrected chi connectivity index (χ2v) is 5.91. The maximum atomic E-state index is 5.86. The van der Waals surface area contributed by atoms with Gasteiger partial charge in [0.05, 0.1) is 0 Å². The lowest BCUT2D eigenvalue weighted by Crippen LogP contribution is -2.30. The van der Waals surface area contributed by atoms with E-state index in [4.69, 9.17) is 5.73 Å². The topological polar surface area (TPSA) is 29.3 Å². The predicted octanol–water partition coefficient (Wildman–Crippen LogP) is 3.05. The average Bonchev–Trinajstić information content (AvgIpc) is 2.30. The van der Waals surface area contributed by atoms with Crippen LogP contribution >= 0.6 is 0 Å². The van der Waals surface area contributed by atoms with Gasteiger partial charge in [0.1, 0.15) is 0 Å². The van der Waals surface area contributed by atoms with E-state index < -0.39 is 0 Å². The molecule has 0 aliphatic heterocycles. The molecule has 0 spiro atoms. The first-order valence-electron chi connectivity index (χ1n) is 6.95. The molecule has 0 saturated heterocycles. The Labute approximate surface area is 112 Å². The van der Waals surface area contributed by atoms with E-state index >= 15 is 0 Å². The average molecular weight is 248 g/mol. The fourth-order valence-electron chi connectivity index (χ4n) is 2.42. The molecule has 0 aromatic heterocycles. The van der Waals surface area contributed by atoms with Gasteiger partial charge in [0.15, 0.2) is 0 Å². The molecular formula is C16H28N2. The first-order chi connectivity index (χ1) is 8.51. The quantitative estimate of drug-likeness (QED) is 0.803. The number of rotatable bonds is 7. The van der Waals surface area contributed by atoms with Crippen LogP contribution in [0.25, 0.3) is 0 Å². The van der Waals surface area contributed by atoms with E-state index in [1.807, 2.05) is 0 Å². The van der Waals surface area contributed by atoms with Crippen LogP contribution in [-0.2, 0) is 6.54 Å². The molecule has 1 rings (SSSR count). The van der Waals surface area contributed by atoms with Crippen LogP contribution < -0.4 is 5.73 Å². The van der Waals surface area contributed by atoms with Gasteiger partial charge in [-0.15, -0.1) is 0 Å². The van der Waals surface area contributed by atoms with Gasteiger partial charge >= 0.3 is 0 Å². The van der Waals surface area contributed by atoms with Crippen molar-refractivity contribution < 1.29 is 0 Å². The summed E-state index contributed by atoms with van der Waals surface area (Å²) in [6.45, 7) is 9.54. The highest BCUT2D eigenvalue weighted by molar-refractivity contribution is 5.21. The minimum absolute atomic E-state index is 0.612. The summed E-state index contributed by atoms with van der Waals surface area (Å²) < 4.78 is 0. The lowest BCUT2D eigenvalue weighted by atomic mass is 9.96. The molecular weight excluding hydrogens is 220 g/mol. The standard InChI is InChI=1S/C16H28N2/c1-13(2)9-16(10-17)12-18(4)11-15-7-5-14(3)6-8-15/h5-8,13,16H,9-12,17H2,1-4H3. The van der Waals surface area contributed by atoms with Crippen molar-refractivity contribution in [3.8, 4) is 0 Å². The smallest absolute Gasteiger partial charge is 0.0230 e. The second kappa shape index (κ2) is 7.55. The molecule has 1 unspecified atom stereocenters. The number of benzene rings is 1. The van der Waals surface area contributed by atoms with Crippen LogP contribution in [0, 0.1) is 18.8 Å². The highest BCUT2D eigenvalue weighted by atomic mass is 15.1. The second-order valence-electron chi connectivity index (χ2n) is 5.91. The van der Waals surface area contributed by atoms with E-state index in [0.29, 0.717) is 5.92 Å². The largest absolute Gasteiger partial charge is 0.330 e. The number of nitrogens with two attached hydrogens (primary N) is 1. The third kappa shape index (κ3) is 5.65. The summed E-state index contributed by atoms with van der Waals surface area (Å²) in [7, 11) is 2.18. The van der Waals surface area contributed by atoms with Crippen LogP contribution in [0.2, 0.25) is 0 Å². The summed E-state index contributed by atoms with van der Waals surface area (Å²) in [6.07, 6.45) is 1.22. The number of aryl methyl sites for hydroxylation is 1. The van der Waals surface area contributed by atoms with Gasteiger partial charge in [-0.25, -0.2) is 0 Å². The maximum Gasteiger partial charge on any atom is 0.0230 e. The fourth-order valence-corrected chi connectivity index (χ4v) is 2.42. The van der Waals surface area contributed by atoms with Crippen molar-refractivity contribution in [1.82, 2.24) is 4.90 Å². The Morgan fingerprint density at radius 2 is 1.78 bits per heavy atom. The van der Waals surface area contributed by atoms with E-state index in [1.165, 1.54) is 17.5 Å². The summed E-state index contributed by atoms with van der Waals surface area (Å²) in [5.74, 6) is 1.34. The molecule has 0 aliphatic rings. The van der Waals surface area contributed by atoms with Crippen molar-refractivity contribution >= 4 is 0 Å². The molecule has 0 amide bonds. The monoisotopic (exact) mass is 248 g/mol. The van der Waals surface area contributed by atoms with Gasteiger partial charge in [-0.1, -0.05) is 43.7 Å². The molecule has 2 N–H and O–H groups in total. The zero-order valence-electron chi connectivity index (χ0n) is 12.3. The Morgan fingerprint density at radius 1 is 1.17 bits per heavy atom. The molecule has 1 atom stereocenters. The molecule has 1 aromatic carbocycles. The van der Waals surface area contributed by atoms with Crippen molar-refractivity contribution in [2.24, 2.45) is 17.6 Å². The number of nitrogens with zero attached hydrogens (tertiary/aromatic N) is 1. The van der Waals surface area contributed by atoms with Crippen LogP contribution in [0.15, 0.2) is 24.3 Å². The first-order valence-corrected chi connectivity index (χ1v) is 6.95. The molecule has 2 nitrogen and oxygen atoms in total. The zero-order chi connectivity index (χ0) is 13.5. The van der Waals surface area contributed by atoms with Gasteiger partial charge in [-0.05, 0) is 44.3 Å². The minimum atomic E-state index is 0.612. The van der Waals surface area contributed by atoms with E-state index in [1.54, 1.807) is 0 Å². The Morgan fingerprint density at radius 3 is 2.28 bits per heavy atom. The SMILES string of the molecule is Cc1ccc(CN(C)CC(CN)CC(C)C)cc1. The van der Waals surface area contributed by atoms with E-state index in [2.05, 4.69) is 57.0 Å². The van der Waals surface area contributed by atoms with Crippen LogP contribution in [-0.4, -0.2) is 25.0 Å². The molecule has 2 heteroatoms. The van der Waals surface area contributed by atoms with Crippen LogP contribution in [0.3, 0.4) is 0 Å². The van der Waals surface area contributed by atoms with Crippen molar-refractivity contribution in [3.05, 3.63) is 35.4 Å². The fraction of sp³-hybridized carbons (Fsp3) is 0.625. The van der Waals surface area contributed by atoms with Gasteiger partial charge in [0.2, 0.25) is 0 Å². The highest BCUT2D eigenvalue weighted by Gasteiger charge is 2.12. The van der Waals surface area contributed by atoms with Crippen LogP contribution in [0.1, 0.15) is 31.4 Å². The molecule has 0 saturated carbocycles. The van der Waals surface area contributed by atoms with E-state index in [-0.39, 0.29) is 0 Å². The molecule has 102 valence electrons. The normalized spacial score (nSPS) is 13.3. The number of hydrogen-bond donors (Lipinski definition) is 1. The molecule has 0 fully saturated rings. The van der Waals surface area contributed by atoms with Crippen molar-refractivity contribution in [2.45, 2.75) is 33.7 Å². The highest BCUT2D eigenvalue weighted by Crippen LogP contribution is 2.13. The summed E-state index contributed by atoms with van der Waals surface area (Å²) in [4.78, 5) is 2.38. The lowest BCUT2D eigenvalue weighted by Gasteiger charge is -2.24. The van der Waals surface area contributed by atoms with Gasteiger partial charge in [0.25, 0.3) is 0 Å². The molecule has 0 aliphatic carbocycles. The van der Waals surface area contributed by atoms with E-state index in [0.717, 1.165) is 25.6 Å². The Hall–Kier alpha value is -0.860.